The average molecular weight is 407 g/mol. The molecule has 1 amide bonds. The van der Waals surface area contributed by atoms with Gasteiger partial charge in [-0.15, -0.1) is 10.2 Å². The molecule has 150 valence electrons. The molecule has 2 heterocycles. The van der Waals surface area contributed by atoms with Gasteiger partial charge >= 0.3 is 0 Å². The topological polar surface area (TPSA) is 51.0 Å². The zero-order chi connectivity index (χ0) is 20.5. The third-order valence-electron chi connectivity index (χ3n) is 5.49. The van der Waals surface area contributed by atoms with E-state index in [9.17, 15) is 4.79 Å². The smallest absolute Gasteiger partial charge is 0.240 e. The first kappa shape index (κ1) is 19.7. The number of rotatable bonds is 5. The molecule has 29 heavy (non-hydrogen) atoms. The molecule has 0 unspecified atom stereocenters. The normalized spacial score (nSPS) is 16.7. The second kappa shape index (κ2) is 8.03. The Hall–Kier alpha value is -2.60. The standard InChI is InChI=1S/C23H26N4OS/c1-5-26-21(19-12-8-6-10-15(19)2)24-25-23(26)29-17(4)22(28)27-16(3)14-18-11-7-9-13-20(18)27/h6-13,16-17H,5,14H2,1-4H3/t16-,17+/m1/s1. The van der Waals surface area contributed by atoms with Crippen molar-refractivity contribution in [1.29, 1.82) is 0 Å². The van der Waals surface area contributed by atoms with Crippen molar-refractivity contribution >= 4 is 23.4 Å². The van der Waals surface area contributed by atoms with Crippen LogP contribution in [0.2, 0.25) is 0 Å². The van der Waals surface area contributed by atoms with Crippen molar-refractivity contribution in [3.8, 4) is 11.4 Å². The van der Waals surface area contributed by atoms with Crippen LogP contribution < -0.4 is 4.90 Å². The summed E-state index contributed by atoms with van der Waals surface area (Å²) in [5.41, 5.74) is 4.52. The molecule has 0 aliphatic carbocycles. The van der Waals surface area contributed by atoms with E-state index in [4.69, 9.17) is 0 Å². The second-order valence-corrected chi connectivity index (χ2v) is 8.82. The molecule has 0 saturated carbocycles. The van der Waals surface area contributed by atoms with E-state index in [1.807, 2.05) is 42.2 Å². The highest BCUT2D eigenvalue weighted by molar-refractivity contribution is 8.00. The van der Waals surface area contributed by atoms with Crippen LogP contribution in [0.5, 0.6) is 0 Å². The largest absolute Gasteiger partial charge is 0.308 e. The highest BCUT2D eigenvalue weighted by Crippen LogP contribution is 2.35. The van der Waals surface area contributed by atoms with E-state index in [1.54, 1.807) is 0 Å². The zero-order valence-electron chi connectivity index (χ0n) is 17.3. The molecular formula is C23H26N4OS. The van der Waals surface area contributed by atoms with E-state index >= 15 is 0 Å². The van der Waals surface area contributed by atoms with Gasteiger partial charge in [-0.05, 0) is 51.3 Å². The summed E-state index contributed by atoms with van der Waals surface area (Å²) in [7, 11) is 0. The predicted octanol–water partition coefficient (Wildman–Crippen LogP) is 4.73. The van der Waals surface area contributed by atoms with Crippen molar-refractivity contribution in [2.24, 2.45) is 0 Å². The molecule has 0 bridgehead atoms. The lowest BCUT2D eigenvalue weighted by Gasteiger charge is -2.25. The Morgan fingerprint density at radius 2 is 1.90 bits per heavy atom. The van der Waals surface area contributed by atoms with Crippen LogP contribution in [0.1, 0.15) is 31.9 Å². The Morgan fingerprint density at radius 1 is 1.17 bits per heavy atom. The number of hydrogen-bond acceptors (Lipinski definition) is 4. The quantitative estimate of drug-likeness (QED) is 0.575. The Bertz CT molecular complexity index is 1040. The summed E-state index contributed by atoms with van der Waals surface area (Å²) in [6.45, 7) is 8.99. The van der Waals surface area contributed by atoms with Gasteiger partial charge in [0.1, 0.15) is 0 Å². The minimum absolute atomic E-state index is 0.121. The Labute approximate surface area is 176 Å². The molecule has 0 fully saturated rings. The lowest BCUT2D eigenvalue weighted by molar-refractivity contribution is -0.118. The van der Waals surface area contributed by atoms with Crippen LogP contribution >= 0.6 is 11.8 Å². The van der Waals surface area contributed by atoms with Gasteiger partial charge in [0.2, 0.25) is 5.91 Å². The van der Waals surface area contributed by atoms with Crippen LogP contribution in [0.15, 0.2) is 53.7 Å². The summed E-state index contributed by atoms with van der Waals surface area (Å²) in [5, 5.41) is 9.40. The molecule has 0 radical (unpaired) electrons. The van der Waals surface area contributed by atoms with Gasteiger partial charge < -0.3 is 9.47 Å². The molecule has 2 atom stereocenters. The molecule has 1 aliphatic heterocycles. The number of nitrogens with zero attached hydrogens (tertiary/aromatic N) is 4. The fraction of sp³-hybridized carbons (Fsp3) is 0.348. The van der Waals surface area contributed by atoms with Crippen molar-refractivity contribution in [3.05, 3.63) is 59.7 Å². The third kappa shape index (κ3) is 3.57. The molecule has 3 aromatic rings. The highest BCUT2D eigenvalue weighted by Gasteiger charge is 2.34. The number of fused-ring (bicyclic) bond motifs is 1. The second-order valence-electron chi connectivity index (χ2n) is 7.52. The maximum absolute atomic E-state index is 13.3. The van der Waals surface area contributed by atoms with Crippen LogP contribution in [0.25, 0.3) is 11.4 Å². The molecule has 6 heteroatoms. The van der Waals surface area contributed by atoms with Gasteiger partial charge in [-0.2, -0.15) is 0 Å². The lowest BCUT2D eigenvalue weighted by atomic mass is 10.1. The molecule has 1 aliphatic rings. The van der Waals surface area contributed by atoms with E-state index in [-0.39, 0.29) is 17.2 Å². The summed E-state index contributed by atoms with van der Waals surface area (Å²) in [4.78, 5) is 15.2. The number of anilines is 1. The molecule has 0 saturated heterocycles. The van der Waals surface area contributed by atoms with Crippen LogP contribution in [0.4, 0.5) is 5.69 Å². The van der Waals surface area contributed by atoms with Crippen molar-refractivity contribution < 1.29 is 4.79 Å². The maximum Gasteiger partial charge on any atom is 0.240 e. The van der Waals surface area contributed by atoms with Gasteiger partial charge in [-0.25, -0.2) is 0 Å². The SMILES string of the molecule is CCn1c(S[C@@H](C)C(=O)N2c3ccccc3C[C@H]2C)nnc1-c1ccccc1C. The van der Waals surface area contributed by atoms with Crippen LogP contribution in [0.3, 0.4) is 0 Å². The molecule has 5 nitrogen and oxygen atoms in total. The zero-order valence-corrected chi connectivity index (χ0v) is 18.1. The minimum Gasteiger partial charge on any atom is -0.308 e. The molecule has 4 rings (SSSR count). The summed E-state index contributed by atoms with van der Waals surface area (Å²) in [6, 6.07) is 16.5. The number of para-hydroxylation sites is 1. The van der Waals surface area contributed by atoms with Crippen molar-refractivity contribution in [2.45, 2.75) is 57.1 Å². The van der Waals surface area contributed by atoms with E-state index in [0.717, 1.165) is 40.8 Å². The van der Waals surface area contributed by atoms with E-state index in [0.29, 0.717) is 0 Å². The van der Waals surface area contributed by atoms with Gasteiger partial charge in [-0.3, -0.25) is 4.79 Å². The van der Waals surface area contributed by atoms with Crippen LogP contribution in [0, 0.1) is 6.92 Å². The Kier molecular flexibility index (Phi) is 5.46. The highest BCUT2D eigenvalue weighted by atomic mass is 32.2. The first-order valence-corrected chi connectivity index (χ1v) is 11.0. The maximum atomic E-state index is 13.3. The van der Waals surface area contributed by atoms with Crippen LogP contribution in [-0.4, -0.2) is 32.0 Å². The van der Waals surface area contributed by atoms with Gasteiger partial charge in [0.05, 0.1) is 5.25 Å². The molecular weight excluding hydrogens is 380 g/mol. The molecule has 2 aromatic carbocycles. The van der Waals surface area contributed by atoms with Crippen molar-refractivity contribution in [2.75, 3.05) is 4.90 Å². The minimum atomic E-state index is -0.247. The number of amides is 1. The van der Waals surface area contributed by atoms with Gasteiger partial charge in [-0.1, -0.05) is 54.2 Å². The van der Waals surface area contributed by atoms with Crippen LogP contribution in [-0.2, 0) is 17.8 Å². The number of benzene rings is 2. The van der Waals surface area contributed by atoms with Gasteiger partial charge in [0.25, 0.3) is 0 Å². The number of carbonyl (C=O) groups is 1. The first-order chi connectivity index (χ1) is 14.0. The fourth-order valence-corrected chi connectivity index (χ4v) is 4.95. The summed E-state index contributed by atoms with van der Waals surface area (Å²) >= 11 is 1.49. The number of aryl methyl sites for hydroxylation is 1. The number of carbonyl (C=O) groups excluding carboxylic acids is 1. The van der Waals surface area contributed by atoms with Gasteiger partial charge in [0.15, 0.2) is 11.0 Å². The average Bonchev–Trinajstić information content (AvgIpc) is 3.27. The summed E-state index contributed by atoms with van der Waals surface area (Å²) in [5.74, 6) is 0.975. The van der Waals surface area contributed by atoms with E-state index in [2.05, 4.69) is 53.7 Å². The van der Waals surface area contributed by atoms with E-state index < -0.39 is 0 Å². The van der Waals surface area contributed by atoms with Crippen molar-refractivity contribution in [1.82, 2.24) is 14.8 Å². The molecule has 1 aromatic heterocycles. The molecule has 0 N–H and O–H groups in total. The Balaban J connectivity index is 1.59. The summed E-state index contributed by atoms with van der Waals surface area (Å²) in [6.07, 6.45) is 0.905. The molecule has 0 spiro atoms. The Morgan fingerprint density at radius 3 is 2.66 bits per heavy atom. The van der Waals surface area contributed by atoms with E-state index in [1.165, 1.54) is 17.3 Å². The predicted molar refractivity (Wildman–Crippen MR) is 118 cm³/mol. The number of aromatic nitrogens is 3. The lowest BCUT2D eigenvalue weighted by Crippen LogP contribution is -2.40. The van der Waals surface area contributed by atoms with Gasteiger partial charge in [0, 0.05) is 23.8 Å². The number of hydrogen-bond donors (Lipinski definition) is 0. The first-order valence-electron chi connectivity index (χ1n) is 10.1. The fourth-order valence-electron chi connectivity index (χ4n) is 3.99. The van der Waals surface area contributed by atoms with Crippen molar-refractivity contribution in [3.63, 3.8) is 0 Å². The summed E-state index contributed by atoms with van der Waals surface area (Å²) < 4.78 is 2.10. The monoisotopic (exact) mass is 406 g/mol. The third-order valence-corrected chi connectivity index (χ3v) is 6.56. The number of thioether (sulfide) groups is 1.